The number of anilines is 1. The van der Waals surface area contributed by atoms with Crippen LogP contribution < -0.4 is 15.4 Å². The lowest BCUT2D eigenvalue weighted by Crippen LogP contribution is -2.49. The quantitative estimate of drug-likeness (QED) is 0.0969. The number of aromatic amines is 1. The molecule has 16 nitrogen and oxygen atoms in total. The number of aromatic nitrogens is 4. The van der Waals surface area contributed by atoms with Crippen molar-refractivity contribution in [1.29, 1.82) is 0 Å². The zero-order valence-corrected chi connectivity index (χ0v) is 34.9. The maximum atomic E-state index is 13.8. The number of hydrogen-bond acceptors (Lipinski definition) is 10. The number of carbonyl (C=O) groups is 4. The molecule has 3 amide bonds. The third kappa shape index (κ3) is 14.3. The Morgan fingerprint density at radius 3 is 2.15 bits per heavy atom. The Morgan fingerprint density at radius 1 is 0.919 bits per heavy atom. The molecule has 334 valence electrons. The minimum Gasteiger partial charge on any atom is -0.492 e. The van der Waals surface area contributed by atoms with Crippen LogP contribution in [0.15, 0.2) is 72.8 Å². The summed E-state index contributed by atoms with van der Waals surface area (Å²) in [6, 6.07) is 22.3. The first kappa shape index (κ1) is 47.0. The van der Waals surface area contributed by atoms with Gasteiger partial charge in [-0.1, -0.05) is 36.4 Å². The van der Waals surface area contributed by atoms with Crippen molar-refractivity contribution in [3.05, 3.63) is 78.4 Å². The smallest absolute Gasteiger partial charge is 0.490 e. The maximum Gasteiger partial charge on any atom is 0.490 e. The number of rotatable bonds is 14. The Labute approximate surface area is 357 Å². The number of nitrogens with zero attached hydrogens (tertiary/aromatic N) is 5. The molecule has 1 saturated carbocycles. The number of alkyl halides is 3. The normalized spacial score (nSPS) is 17.5. The van der Waals surface area contributed by atoms with Gasteiger partial charge in [0.15, 0.2) is 0 Å². The van der Waals surface area contributed by atoms with E-state index in [9.17, 15) is 32.7 Å². The molecule has 0 spiro atoms. The fraction of sp³-hybridized carbons (Fsp3) is 0.465. The number of amides is 3. The lowest BCUT2D eigenvalue weighted by molar-refractivity contribution is -0.192. The molecule has 1 saturated heterocycles. The van der Waals surface area contributed by atoms with E-state index in [2.05, 4.69) is 36.2 Å². The summed E-state index contributed by atoms with van der Waals surface area (Å²) in [7, 11) is 0. The molecule has 0 radical (unpaired) electrons. The largest absolute Gasteiger partial charge is 0.492 e. The van der Waals surface area contributed by atoms with Gasteiger partial charge in [0.25, 0.3) is 0 Å². The number of hydrogen-bond donors (Lipinski definition) is 5. The van der Waals surface area contributed by atoms with Crippen molar-refractivity contribution in [2.24, 2.45) is 11.8 Å². The SMILES string of the molecule is CC(C)(C)N(CC1CCC(C(=O)N[C@@H](Cc2ccc(-c3cccc(OCCN4CCOCC4)c3)cc2)C(=O)Nc2ccc(-c3nn[nH]n3)cc2)CC1)C(=O)O.O=C(O)C(F)(F)F. The van der Waals surface area contributed by atoms with E-state index in [0.717, 1.165) is 73.7 Å². The van der Waals surface area contributed by atoms with Crippen LogP contribution >= 0.6 is 0 Å². The summed E-state index contributed by atoms with van der Waals surface area (Å²) in [5.74, 6) is -2.09. The van der Waals surface area contributed by atoms with Crippen LogP contribution in [-0.4, -0.2) is 128 Å². The summed E-state index contributed by atoms with van der Waals surface area (Å²) in [4.78, 5) is 52.2. The zero-order chi connectivity index (χ0) is 44.9. The van der Waals surface area contributed by atoms with Crippen molar-refractivity contribution in [3.8, 4) is 28.3 Å². The minimum absolute atomic E-state index is 0.168. The van der Waals surface area contributed by atoms with E-state index in [0.29, 0.717) is 37.5 Å². The van der Waals surface area contributed by atoms with E-state index in [1.165, 1.54) is 4.90 Å². The van der Waals surface area contributed by atoms with Crippen molar-refractivity contribution < 1.29 is 52.0 Å². The van der Waals surface area contributed by atoms with Gasteiger partial charge in [0.05, 0.1) is 13.2 Å². The molecular weight excluding hydrogens is 814 g/mol. The summed E-state index contributed by atoms with van der Waals surface area (Å²) >= 11 is 0. The number of carboxylic acids is 1. The van der Waals surface area contributed by atoms with E-state index < -0.39 is 29.8 Å². The number of carboxylic acid groups (broad SMARTS) is 2. The summed E-state index contributed by atoms with van der Waals surface area (Å²) in [6.45, 7) is 10.9. The van der Waals surface area contributed by atoms with E-state index in [-0.39, 0.29) is 30.1 Å². The summed E-state index contributed by atoms with van der Waals surface area (Å²) in [5.41, 5.74) is 3.74. The number of halogens is 3. The summed E-state index contributed by atoms with van der Waals surface area (Å²) < 4.78 is 43.2. The Bertz CT molecular complexity index is 2070. The summed E-state index contributed by atoms with van der Waals surface area (Å²) in [5, 5.41) is 37.0. The lowest BCUT2D eigenvalue weighted by Gasteiger charge is -2.38. The minimum atomic E-state index is -5.08. The number of ether oxygens (including phenoxy) is 2. The fourth-order valence-electron chi connectivity index (χ4n) is 7.17. The number of benzene rings is 3. The number of morpholine rings is 1. The van der Waals surface area contributed by atoms with Gasteiger partial charge in [-0.15, -0.1) is 10.2 Å². The van der Waals surface area contributed by atoms with Crippen molar-refractivity contribution >= 4 is 29.6 Å². The number of aliphatic carboxylic acids is 1. The highest BCUT2D eigenvalue weighted by molar-refractivity contribution is 5.97. The number of H-pyrrole nitrogens is 1. The Kier molecular flexibility index (Phi) is 16.4. The van der Waals surface area contributed by atoms with Gasteiger partial charge in [0, 0.05) is 55.3 Å². The van der Waals surface area contributed by atoms with Gasteiger partial charge in [0.1, 0.15) is 18.4 Å². The number of tetrazole rings is 1. The molecule has 4 aromatic rings. The Morgan fingerprint density at radius 2 is 1.56 bits per heavy atom. The van der Waals surface area contributed by atoms with Crippen molar-refractivity contribution in [1.82, 2.24) is 35.7 Å². The van der Waals surface area contributed by atoms with Gasteiger partial charge in [-0.3, -0.25) is 14.5 Å². The molecule has 6 rings (SSSR count). The number of carbonyl (C=O) groups excluding carboxylic acids is 2. The highest BCUT2D eigenvalue weighted by Crippen LogP contribution is 2.32. The maximum absolute atomic E-state index is 13.8. The van der Waals surface area contributed by atoms with Gasteiger partial charge >= 0.3 is 18.2 Å². The summed E-state index contributed by atoms with van der Waals surface area (Å²) in [6.07, 6.45) is -2.99. The van der Waals surface area contributed by atoms with Gasteiger partial charge in [-0.25, -0.2) is 9.59 Å². The standard InChI is InChI=1S/C41H52N8O6.C2HF3O2/c1-41(2,3)49(40(52)53)27-29-9-13-32(14-10-29)38(50)43-36(39(51)42-34-17-15-31(16-18-34)37-44-46-47-45-37)25-28-7-11-30(12-8-28)33-5-4-6-35(26-33)55-24-21-48-19-22-54-23-20-48;3-2(4,5)1(6)7/h4-8,11-12,15-18,26,29,32,36H,9-10,13-14,19-25,27H2,1-3H3,(H,42,51)(H,43,50)(H,52,53)(H,44,45,46,47);(H,6,7)/t29?,32?,36-;/m0./s1. The molecule has 62 heavy (non-hydrogen) atoms. The molecular formula is C43H53F3N8O8. The van der Waals surface area contributed by atoms with Gasteiger partial charge in [-0.05, 0) is 111 Å². The topological polar surface area (TPSA) is 212 Å². The highest BCUT2D eigenvalue weighted by Gasteiger charge is 2.38. The monoisotopic (exact) mass is 866 g/mol. The molecule has 0 unspecified atom stereocenters. The molecule has 2 fully saturated rings. The van der Waals surface area contributed by atoms with Crippen LogP contribution in [0.5, 0.6) is 5.75 Å². The van der Waals surface area contributed by atoms with E-state index in [1.54, 1.807) is 24.3 Å². The average Bonchev–Trinajstić information content (AvgIpc) is 3.79. The van der Waals surface area contributed by atoms with E-state index >= 15 is 0 Å². The molecule has 2 heterocycles. The van der Waals surface area contributed by atoms with Crippen molar-refractivity contribution in [3.63, 3.8) is 0 Å². The second kappa shape index (κ2) is 21.6. The lowest BCUT2D eigenvalue weighted by atomic mass is 9.80. The average molecular weight is 867 g/mol. The van der Waals surface area contributed by atoms with E-state index in [1.807, 2.05) is 69.3 Å². The van der Waals surface area contributed by atoms with Gasteiger partial charge in [0.2, 0.25) is 17.6 Å². The Hall–Kier alpha value is -6.08. The molecule has 5 N–H and O–H groups in total. The molecule has 3 aromatic carbocycles. The van der Waals surface area contributed by atoms with Crippen LogP contribution in [0.2, 0.25) is 0 Å². The van der Waals surface area contributed by atoms with Crippen molar-refractivity contribution in [2.75, 3.05) is 51.3 Å². The molecule has 0 bridgehead atoms. The third-order valence-corrected chi connectivity index (χ3v) is 10.7. The van der Waals surface area contributed by atoms with Crippen LogP contribution in [0.4, 0.5) is 23.7 Å². The zero-order valence-electron chi connectivity index (χ0n) is 34.9. The molecule has 1 atom stereocenters. The first-order valence-electron chi connectivity index (χ1n) is 20.3. The molecule has 1 aliphatic heterocycles. The third-order valence-electron chi connectivity index (χ3n) is 10.7. The van der Waals surface area contributed by atoms with Gasteiger partial charge in [-0.2, -0.15) is 18.4 Å². The van der Waals surface area contributed by atoms with Gasteiger partial charge < -0.3 is 35.2 Å². The van der Waals surface area contributed by atoms with Crippen LogP contribution in [-0.2, 0) is 25.5 Å². The number of nitrogens with one attached hydrogen (secondary N) is 3. The van der Waals surface area contributed by atoms with Crippen LogP contribution in [0.25, 0.3) is 22.5 Å². The molecule has 2 aliphatic rings. The Balaban J connectivity index is 0.000000955. The highest BCUT2D eigenvalue weighted by atomic mass is 19.4. The van der Waals surface area contributed by atoms with Crippen LogP contribution in [0.3, 0.4) is 0 Å². The first-order chi connectivity index (χ1) is 29.5. The predicted molar refractivity (Wildman–Crippen MR) is 222 cm³/mol. The first-order valence-corrected chi connectivity index (χ1v) is 20.3. The second-order valence-corrected chi connectivity index (χ2v) is 16.2. The van der Waals surface area contributed by atoms with Crippen molar-refractivity contribution in [2.45, 2.75) is 70.6 Å². The molecule has 1 aliphatic carbocycles. The van der Waals surface area contributed by atoms with E-state index in [4.69, 9.17) is 19.4 Å². The molecule has 1 aromatic heterocycles. The van der Waals surface area contributed by atoms with Crippen LogP contribution in [0, 0.1) is 11.8 Å². The van der Waals surface area contributed by atoms with Crippen LogP contribution in [0.1, 0.15) is 52.0 Å². The predicted octanol–water partition coefficient (Wildman–Crippen LogP) is 6.13. The fourth-order valence-corrected chi connectivity index (χ4v) is 7.17. The second-order valence-electron chi connectivity index (χ2n) is 16.2. The molecule has 19 heteroatoms.